The predicted octanol–water partition coefficient (Wildman–Crippen LogP) is 1.24. The highest BCUT2D eigenvalue weighted by molar-refractivity contribution is 5.75. The van der Waals surface area contributed by atoms with Gasteiger partial charge >= 0.3 is 0 Å². The van der Waals surface area contributed by atoms with Gasteiger partial charge in [0.15, 0.2) is 0 Å². The zero-order chi connectivity index (χ0) is 13.1. The Bertz CT molecular complexity index is 445. The largest absolute Gasteiger partial charge is 0.387 e. The summed E-state index contributed by atoms with van der Waals surface area (Å²) in [4.78, 5) is 13.4. The Morgan fingerprint density at radius 3 is 3.06 bits per heavy atom. The molecule has 1 heterocycles. The van der Waals surface area contributed by atoms with E-state index >= 15 is 0 Å². The first-order valence-corrected chi connectivity index (χ1v) is 6.40. The summed E-state index contributed by atoms with van der Waals surface area (Å²) in [6.45, 7) is 3.11. The number of anilines is 1. The van der Waals surface area contributed by atoms with Crippen LogP contribution in [-0.2, 0) is 11.2 Å². The number of nitrogens with one attached hydrogen (secondary N) is 1. The second kappa shape index (κ2) is 5.40. The third kappa shape index (κ3) is 2.64. The predicted molar refractivity (Wildman–Crippen MR) is 71.7 cm³/mol. The number of fused-ring (bicyclic) bond motifs is 1. The third-order valence-corrected chi connectivity index (χ3v) is 3.43. The van der Waals surface area contributed by atoms with Gasteiger partial charge in [-0.2, -0.15) is 0 Å². The highest BCUT2D eigenvalue weighted by Crippen LogP contribution is 2.29. The van der Waals surface area contributed by atoms with Crippen molar-refractivity contribution in [1.82, 2.24) is 5.32 Å². The van der Waals surface area contributed by atoms with Gasteiger partial charge in [0.25, 0.3) is 0 Å². The van der Waals surface area contributed by atoms with Crippen LogP contribution in [-0.4, -0.2) is 31.2 Å². The lowest BCUT2D eigenvalue weighted by molar-refractivity contribution is -0.121. The Hall–Kier alpha value is -1.55. The maximum Gasteiger partial charge on any atom is 0.219 e. The molecule has 0 saturated heterocycles. The van der Waals surface area contributed by atoms with E-state index in [-0.39, 0.29) is 12.5 Å². The van der Waals surface area contributed by atoms with Gasteiger partial charge in [-0.15, -0.1) is 0 Å². The summed E-state index contributed by atoms with van der Waals surface area (Å²) in [5.74, 6) is -0.0325. The average molecular weight is 248 g/mol. The molecule has 4 heteroatoms. The van der Waals surface area contributed by atoms with Crippen LogP contribution in [0.4, 0.5) is 5.69 Å². The standard InChI is InChI=1S/C14H20N2O2/c1-3-14(18)15-9-13(17)11-4-5-12-10(8-11)6-7-16(12)2/h4-5,8,13,17H,3,6-7,9H2,1-2H3,(H,15,18). The SMILES string of the molecule is CCC(=O)NCC(O)c1ccc2c(c1)CCN2C. The number of carbonyl (C=O) groups excluding carboxylic acids is 1. The molecule has 4 nitrogen and oxygen atoms in total. The van der Waals surface area contributed by atoms with Crippen molar-refractivity contribution < 1.29 is 9.90 Å². The van der Waals surface area contributed by atoms with Gasteiger partial charge in [0.2, 0.25) is 5.91 Å². The molecule has 0 saturated carbocycles. The maximum atomic E-state index is 11.1. The van der Waals surface area contributed by atoms with E-state index < -0.39 is 6.10 Å². The van der Waals surface area contributed by atoms with E-state index in [2.05, 4.69) is 17.3 Å². The van der Waals surface area contributed by atoms with E-state index in [4.69, 9.17) is 0 Å². The van der Waals surface area contributed by atoms with Gasteiger partial charge in [-0.25, -0.2) is 0 Å². The molecule has 18 heavy (non-hydrogen) atoms. The van der Waals surface area contributed by atoms with Crippen LogP contribution in [0, 0.1) is 0 Å². The zero-order valence-corrected chi connectivity index (χ0v) is 10.9. The minimum Gasteiger partial charge on any atom is -0.387 e. The van der Waals surface area contributed by atoms with Crippen LogP contribution in [0.5, 0.6) is 0 Å². The zero-order valence-electron chi connectivity index (χ0n) is 10.9. The second-order valence-corrected chi connectivity index (χ2v) is 4.73. The lowest BCUT2D eigenvalue weighted by atomic mass is 10.0. The first-order valence-electron chi connectivity index (χ1n) is 6.40. The van der Waals surface area contributed by atoms with Crippen molar-refractivity contribution in [3.8, 4) is 0 Å². The average Bonchev–Trinajstić information content (AvgIpc) is 2.76. The molecule has 1 aromatic rings. The minimum atomic E-state index is -0.628. The molecule has 1 atom stereocenters. The minimum absolute atomic E-state index is 0.0325. The van der Waals surface area contributed by atoms with E-state index in [0.717, 1.165) is 18.5 Å². The summed E-state index contributed by atoms with van der Waals surface area (Å²) in [5, 5.41) is 12.7. The highest BCUT2D eigenvalue weighted by Gasteiger charge is 2.17. The Morgan fingerprint density at radius 2 is 2.33 bits per heavy atom. The fourth-order valence-electron chi connectivity index (χ4n) is 2.25. The molecule has 0 radical (unpaired) electrons. The van der Waals surface area contributed by atoms with Gasteiger partial charge in [0.1, 0.15) is 0 Å². The van der Waals surface area contributed by atoms with Crippen LogP contribution in [0.25, 0.3) is 0 Å². The van der Waals surface area contributed by atoms with E-state index in [0.29, 0.717) is 6.42 Å². The summed E-state index contributed by atoms with van der Waals surface area (Å²) in [6.07, 6.45) is 0.840. The summed E-state index contributed by atoms with van der Waals surface area (Å²) in [6, 6.07) is 6.02. The van der Waals surface area contributed by atoms with Crippen molar-refractivity contribution in [3.63, 3.8) is 0 Å². The van der Waals surface area contributed by atoms with Crippen molar-refractivity contribution in [2.45, 2.75) is 25.9 Å². The fraction of sp³-hybridized carbons (Fsp3) is 0.500. The summed E-state index contributed by atoms with van der Waals surface area (Å²) in [7, 11) is 2.07. The molecule has 1 unspecified atom stereocenters. The normalized spacial score (nSPS) is 15.4. The van der Waals surface area contributed by atoms with Crippen molar-refractivity contribution >= 4 is 11.6 Å². The summed E-state index contributed by atoms with van der Waals surface area (Å²) >= 11 is 0. The Kier molecular flexibility index (Phi) is 3.87. The van der Waals surface area contributed by atoms with Crippen LogP contribution >= 0.6 is 0 Å². The van der Waals surface area contributed by atoms with Crippen LogP contribution in [0.2, 0.25) is 0 Å². The van der Waals surface area contributed by atoms with Gasteiger partial charge < -0.3 is 15.3 Å². The van der Waals surface area contributed by atoms with Crippen LogP contribution in [0.3, 0.4) is 0 Å². The molecule has 1 aliphatic rings. The molecular formula is C14H20N2O2. The first kappa shape index (κ1) is 12.9. The number of benzene rings is 1. The van der Waals surface area contributed by atoms with E-state index in [1.807, 2.05) is 18.2 Å². The molecule has 1 amide bonds. The molecule has 1 aromatic carbocycles. The van der Waals surface area contributed by atoms with E-state index in [1.54, 1.807) is 6.92 Å². The van der Waals surface area contributed by atoms with Crippen molar-refractivity contribution in [2.24, 2.45) is 0 Å². The smallest absolute Gasteiger partial charge is 0.219 e. The van der Waals surface area contributed by atoms with Gasteiger partial charge in [0.05, 0.1) is 6.10 Å². The molecule has 0 aliphatic carbocycles. The number of rotatable bonds is 4. The monoisotopic (exact) mass is 248 g/mol. The Balaban J connectivity index is 2.03. The van der Waals surface area contributed by atoms with E-state index in [1.165, 1.54) is 11.3 Å². The van der Waals surface area contributed by atoms with Gasteiger partial charge in [0, 0.05) is 32.2 Å². The van der Waals surface area contributed by atoms with Crippen molar-refractivity contribution in [2.75, 3.05) is 25.0 Å². The molecular weight excluding hydrogens is 228 g/mol. The van der Waals surface area contributed by atoms with Gasteiger partial charge in [-0.05, 0) is 23.6 Å². The van der Waals surface area contributed by atoms with Gasteiger partial charge in [-0.3, -0.25) is 4.79 Å². The number of amides is 1. The molecule has 2 rings (SSSR count). The first-order chi connectivity index (χ1) is 8.61. The Morgan fingerprint density at radius 1 is 1.56 bits per heavy atom. The van der Waals surface area contributed by atoms with Gasteiger partial charge in [-0.1, -0.05) is 19.1 Å². The topological polar surface area (TPSA) is 52.6 Å². The molecule has 98 valence electrons. The van der Waals surface area contributed by atoms with E-state index in [9.17, 15) is 9.90 Å². The summed E-state index contributed by atoms with van der Waals surface area (Å²) < 4.78 is 0. The molecule has 0 aromatic heterocycles. The quantitative estimate of drug-likeness (QED) is 0.843. The number of nitrogens with zero attached hydrogens (tertiary/aromatic N) is 1. The molecule has 1 aliphatic heterocycles. The fourth-order valence-corrected chi connectivity index (χ4v) is 2.25. The van der Waals surface area contributed by atoms with Crippen molar-refractivity contribution in [3.05, 3.63) is 29.3 Å². The number of hydrogen-bond donors (Lipinski definition) is 2. The molecule has 0 fully saturated rings. The Labute approximate surface area is 108 Å². The molecule has 0 spiro atoms. The lowest BCUT2D eigenvalue weighted by Crippen LogP contribution is -2.27. The number of hydrogen-bond acceptors (Lipinski definition) is 3. The number of likely N-dealkylation sites (N-methyl/N-ethyl adjacent to an activating group) is 1. The highest BCUT2D eigenvalue weighted by atomic mass is 16.3. The summed E-state index contributed by atoms with van der Waals surface area (Å²) in [5.41, 5.74) is 3.39. The lowest BCUT2D eigenvalue weighted by Gasteiger charge is -2.15. The third-order valence-electron chi connectivity index (χ3n) is 3.43. The van der Waals surface area contributed by atoms with Crippen LogP contribution < -0.4 is 10.2 Å². The number of aliphatic hydroxyl groups is 1. The molecule has 2 N–H and O–H groups in total. The number of carbonyl (C=O) groups is 1. The number of aliphatic hydroxyl groups excluding tert-OH is 1. The van der Waals surface area contributed by atoms with Crippen LogP contribution in [0.1, 0.15) is 30.6 Å². The molecule has 0 bridgehead atoms. The maximum absolute atomic E-state index is 11.1. The van der Waals surface area contributed by atoms with Crippen LogP contribution in [0.15, 0.2) is 18.2 Å². The second-order valence-electron chi connectivity index (χ2n) is 4.73. The van der Waals surface area contributed by atoms with Crippen molar-refractivity contribution in [1.29, 1.82) is 0 Å².